The number of nitrogens with zero attached hydrogens (tertiary/aromatic N) is 1. The molecule has 0 N–H and O–H groups in total. The Labute approximate surface area is 109 Å². The Kier molecular flexibility index (Phi) is 12.7. The molecule has 0 bridgehead atoms. The van der Waals surface area contributed by atoms with Crippen LogP contribution in [-0.4, -0.2) is 4.98 Å². The lowest BCUT2D eigenvalue weighted by atomic mass is 10.0. The van der Waals surface area contributed by atoms with Gasteiger partial charge in [-0.1, -0.05) is 61.5 Å². The molecule has 1 aromatic heterocycles. The van der Waals surface area contributed by atoms with Crippen molar-refractivity contribution >= 4 is 0 Å². The molecule has 1 rings (SSSR count). The van der Waals surface area contributed by atoms with Crippen LogP contribution in [0, 0.1) is 11.8 Å². The molecule has 0 atom stereocenters. The summed E-state index contributed by atoms with van der Waals surface area (Å²) >= 11 is 0. The van der Waals surface area contributed by atoms with Gasteiger partial charge in [0.15, 0.2) is 0 Å². The second-order valence-electron chi connectivity index (χ2n) is 4.90. The minimum atomic E-state index is 0.547. The van der Waals surface area contributed by atoms with Crippen molar-refractivity contribution in [3.05, 3.63) is 30.1 Å². The van der Waals surface area contributed by atoms with Gasteiger partial charge < -0.3 is 0 Å². The van der Waals surface area contributed by atoms with E-state index in [4.69, 9.17) is 0 Å². The predicted molar refractivity (Wildman–Crippen MR) is 79.4 cm³/mol. The van der Waals surface area contributed by atoms with E-state index in [1.54, 1.807) is 0 Å². The lowest BCUT2D eigenvalue weighted by molar-refractivity contribution is 0.457. The maximum absolute atomic E-state index is 4.18. The summed E-state index contributed by atoms with van der Waals surface area (Å²) in [7, 11) is 0. The number of rotatable bonds is 2. The SMILES string of the molecule is CC.CC(C)C(C)C.CC(C)c1ccccn1. The molecular weight excluding hydrogens is 206 g/mol. The average molecular weight is 237 g/mol. The van der Waals surface area contributed by atoms with Gasteiger partial charge in [-0.3, -0.25) is 4.98 Å². The second-order valence-corrected chi connectivity index (χ2v) is 4.90. The molecule has 0 aromatic carbocycles. The summed E-state index contributed by atoms with van der Waals surface area (Å²) in [6, 6.07) is 6.00. The van der Waals surface area contributed by atoms with Crippen molar-refractivity contribution in [3.8, 4) is 0 Å². The van der Waals surface area contributed by atoms with E-state index < -0.39 is 0 Å². The fourth-order valence-electron chi connectivity index (χ4n) is 0.717. The zero-order valence-electron chi connectivity index (χ0n) is 13.0. The fraction of sp³-hybridized carbons (Fsp3) is 0.688. The van der Waals surface area contributed by atoms with Gasteiger partial charge in [-0.05, 0) is 29.9 Å². The van der Waals surface area contributed by atoms with Gasteiger partial charge in [0.2, 0.25) is 0 Å². The Morgan fingerprint density at radius 1 is 0.824 bits per heavy atom. The van der Waals surface area contributed by atoms with Crippen molar-refractivity contribution in [1.82, 2.24) is 4.98 Å². The van der Waals surface area contributed by atoms with Crippen molar-refractivity contribution in [2.24, 2.45) is 11.8 Å². The Bertz CT molecular complexity index is 231. The van der Waals surface area contributed by atoms with Gasteiger partial charge in [0.1, 0.15) is 0 Å². The zero-order valence-corrected chi connectivity index (χ0v) is 13.0. The average Bonchev–Trinajstić information content (AvgIpc) is 2.33. The lowest BCUT2D eigenvalue weighted by Crippen LogP contribution is -1.95. The molecule has 0 radical (unpaired) electrons. The van der Waals surface area contributed by atoms with Crippen molar-refractivity contribution in [3.63, 3.8) is 0 Å². The first kappa shape index (κ1) is 18.5. The van der Waals surface area contributed by atoms with E-state index in [0.29, 0.717) is 5.92 Å². The van der Waals surface area contributed by atoms with Crippen molar-refractivity contribution in [2.75, 3.05) is 0 Å². The van der Waals surface area contributed by atoms with Gasteiger partial charge in [0.05, 0.1) is 0 Å². The molecule has 1 aromatic rings. The largest absolute Gasteiger partial charge is 0.261 e. The van der Waals surface area contributed by atoms with Gasteiger partial charge in [-0.2, -0.15) is 0 Å². The highest BCUT2D eigenvalue weighted by Crippen LogP contribution is 2.08. The Hall–Kier alpha value is -0.850. The molecule has 1 heterocycles. The van der Waals surface area contributed by atoms with Crippen LogP contribution >= 0.6 is 0 Å². The van der Waals surface area contributed by atoms with E-state index in [2.05, 4.69) is 46.5 Å². The maximum atomic E-state index is 4.18. The molecule has 0 amide bonds. The van der Waals surface area contributed by atoms with Crippen LogP contribution in [0.25, 0.3) is 0 Å². The highest BCUT2D eigenvalue weighted by Gasteiger charge is 1.96. The fourth-order valence-corrected chi connectivity index (χ4v) is 0.717. The van der Waals surface area contributed by atoms with Crippen LogP contribution in [0.3, 0.4) is 0 Å². The normalized spacial score (nSPS) is 9.59. The Balaban J connectivity index is 0. The number of pyridine rings is 1. The number of hydrogen-bond donors (Lipinski definition) is 0. The van der Waals surface area contributed by atoms with Gasteiger partial charge in [0, 0.05) is 11.9 Å². The first-order valence-corrected chi connectivity index (χ1v) is 6.86. The van der Waals surface area contributed by atoms with E-state index in [1.807, 2.05) is 38.2 Å². The summed E-state index contributed by atoms with van der Waals surface area (Å²) in [4.78, 5) is 4.18. The summed E-state index contributed by atoms with van der Waals surface area (Å²) < 4.78 is 0. The van der Waals surface area contributed by atoms with Crippen LogP contribution in [0.1, 0.15) is 67.0 Å². The number of hydrogen-bond acceptors (Lipinski definition) is 1. The molecule has 1 heteroatoms. The predicted octanol–water partition coefficient (Wildman–Crippen LogP) is 5.53. The minimum absolute atomic E-state index is 0.547. The second kappa shape index (κ2) is 11.6. The van der Waals surface area contributed by atoms with Crippen LogP contribution in [0.2, 0.25) is 0 Å². The quantitative estimate of drug-likeness (QED) is 0.659. The first-order valence-electron chi connectivity index (χ1n) is 6.86. The topological polar surface area (TPSA) is 12.9 Å². The minimum Gasteiger partial charge on any atom is -0.261 e. The van der Waals surface area contributed by atoms with Crippen LogP contribution in [-0.2, 0) is 0 Å². The Morgan fingerprint density at radius 3 is 1.47 bits per heavy atom. The third-order valence-corrected chi connectivity index (χ3v) is 2.61. The first-order chi connectivity index (χ1) is 7.95. The third-order valence-electron chi connectivity index (χ3n) is 2.61. The van der Waals surface area contributed by atoms with Crippen molar-refractivity contribution < 1.29 is 0 Å². The van der Waals surface area contributed by atoms with Crippen LogP contribution < -0.4 is 0 Å². The standard InChI is InChI=1S/C8H11N.C6H14.C2H6/c1-7(2)8-5-3-4-6-9-8;1-5(2)6(3)4;1-2/h3-7H,1-2H3;5-6H,1-4H3;1-2H3. The Morgan fingerprint density at radius 2 is 1.29 bits per heavy atom. The lowest BCUT2D eigenvalue weighted by Gasteiger charge is -2.05. The molecule has 1 nitrogen and oxygen atoms in total. The molecule has 0 saturated carbocycles. The molecule has 100 valence electrons. The highest BCUT2D eigenvalue weighted by molar-refractivity contribution is 5.06. The molecule has 17 heavy (non-hydrogen) atoms. The van der Waals surface area contributed by atoms with Crippen LogP contribution in [0.15, 0.2) is 24.4 Å². The van der Waals surface area contributed by atoms with Crippen molar-refractivity contribution in [1.29, 1.82) is 0 Å². The highest BCUT2D eigenvalue weighted by atomic mass is 14.7. The van der Waals surface area contributed by atoms with Crippen LogP contribution in [0.5, 0.6) is 0 Å². The van der Waals surface area contributed by atoms with Crippen LogP contribution in [0.4, 0.5) is 0 Å². The summed E-state index contributed by atoms with van der Waals surface area (Å²) in [5.74, 6) is 2.25. The van der Waals surface area contributed by atoms with Crippen molar-refractivity contribution in [2.45, 2.75) is 61.3 Å². The van der Waals surface area contributed by atoms with E-state index >= 15 is 0 Å². The summed E-state index contributed by atoms with van der Waals surface area (Å²) in [5, 5.41) is 0. The zero-order chi connectivity index (χ0) is 13.8. The van der Waals surface area contributed by atoms with Gasteiger partial charge in [0.25, 0.3) is 0 Å². The maximum Gasteiger partial charge on any atom is 0.0428 e. The van der Waals surface area contributed by atoms with E-state index in [9.17, 15) is 0 Å². The summed E-state index contributed by atoms with van der Waals surface area (Å²) in [5.41, 5.74) is 1.16. The van der Waals surface area contributed by atoms with E-state index in [1.165, 1.54) is 0 Å². The molecule has 0 aliphatic heterocycles. The van der Waals surface area contributed by atoms with E-state index in [-0.39, 0.29) is 0 Å². The van der Waals surface area contributed by atoms with Gasteiger partial charge in [-0.15, -0.1) is 0 Å². The molecule has 0 fully saturated rings. The monoisotopic (exact) mass is 237 g/mol. The molecule has 0 spiro atoms. The smallest absolute Gasteiger partial charge is 0.0428 e. The molecule has 0 saturated heterocycles. The summed E-state index contributed by atoms with van der Waals surface area (Å²) in [6.07, 6.45) is 1.83. The summed E-state index contributed by atoms with van der Waals surface area (Å²) in [6.45, 7) is 17.2. The number of aromatic nitrogens is 1. The van der Waals surface area contributed by atoms with Gasteiger partial charge >= 0.3 is 0 Å². The van der Waals surface area contributed by atoms with E-state index in [0.717, 1.165) is 17.5 Å². The molecule has 0 aliphatic carbocycles. The molecular formula is C16H31N. The third kappa shape index (κ3) is 11.4. The molecule has 0 unspecified atom stereocenters. The molecule has 0 aliphatic rings. The van der Waals surface area contributed by atoms with Gasteiger partial charge in [-0.25, -0.2) is 0 Å².